The third-order valence-corrected chi connectivity index (χ3v) is 6.20. The van der Waals surface area contributed by atoms with Crippen molar-refractivity contribution in [3.05, 3.63) is 34.6 Å². The number of aromatic nitrogens is 3. The van der Waals surface area contributed by atoms with Crippen molar-refractivity contribution < 1.29 is 9.59 Å². The van der Waals surface area contributed by atoms with Crippen molar-refractivity contribution in [1.82, 2.24) is 29.5 Å². The molecular formula is C21H28N6O2S. The summed E-state index contributed by atoms with van der Waals surface area (Å²) >= 11 is 5.36. The lowest BCUT2D eigenvalue weighted by Crippen LogP contribution is -2.55. The van der Waals surface area contributed by atoms with E-state index in [4.69, 9.17) is 12.2 Å². The minimum Gasteiger partial charge on any atom is -0.338 e. The Labute approximate surface area is 181 Å². The number of amides is 3. The number of nitrogens with one attached hydrogen (secondary N) is 1. The zero-order valence-electron chi connectivity index (χ0n) is 17.3. The van der Waals surface area contributed by atoms with E-state index in [1.807, 2.05) is 45.9 Å². The monoisotopic (exact) mass is 428 g/mol. The van der Waals surface area contributed by atoms with E-state index in [0.717, 1.165) is 37.1 Å². The van der Waals surface area contributed by atoms with Gasteiger partial charge in [0, 0.05) is 44.8 Å². The van der Waals surface area contributed by atoms with Crippen LogP contribution in [0.3, 0.4) is 0 Å². The summed E-state index contributed by atoms with van der Waals surface area (Å²) in [6.45, 7) is 6.09. The van der Waals surface area contributed by atoms with Crippen LogP contribution in [0.4, 0.5) is 4.79 Å². The summed E-state index contributed by atoms with van der Waals surface area (Å²) in [6, 6.07) is 8.09. The number of hydrogen-bond acceptors (Lipinski definition) is 4. The summed E-state index contributed by atoms with van der Waals surface area (Å²) in [5, 5.41) is 7.12. The third-order valence-electron chi connectivity index (χ3n) is 5.89. The van der Waals surface area contributed by atoms with Crippen molar-refractivity contribution in [2.24, 2.45) is 0 Å². The molecule has 160 valence electrons. The van der Waals surface area contributed by atoms with Gasteiger partial charge in [-0.25, -0.2) is 4.79 Å². The van der Waals surface area contributed by atoms with E-state index in [1.165, 1.54) is 6.42 Å². The van der Waals surface area contributed by atoms with Gasteiger partial charge in [0.25, 0.3) is 0 Å². The van der Waals surface area contributed by atoms with Gasteiger partial charge in [0.1, 0.15) is 6.54 Å². The van der Waals surface area contributed by atoms with Crippen molar-refractivity contribution in [2.45, 2.75) is 32.7 Å². The molecule has 1 aromatic heterocycles. The van der Waals surface area contributed by atoms with E-state index in [9.17, 15) is 9.59 Å². The fourth-order valence-corrected chi connectivity index (χ4v) is 4.25. The fraction of sp³-hybridized carbons (Fsp3) is 0.524. The molecule has 3 heterocycles. The van der Waals surface area contributed by atoms with E-state index in [1.54, 1.807) is 4.57 Å². The Bertz CT molecular complexity index is 953. The standard InChI is InChI=1S/C21H28N6O2S/c1-16-5-7-17(8-6-16)19-22-23-20(30)27(19)15-18(28)24-11-13-26(14-12-24)21(29)25-9-3-2-4-10-25/h5-8H,2-4,9-15H2,1H3,(H,23,30). The van der Waals surface area contributed by atoms with Gasteiger partial charge >= 0.3 is 6.03 Å². The van der Waals surface area contributed by atoms with Gasteiger partial charge in [0.15, 0.2) is 10.6 Å². The lowest BCUT2D eigenvalue weighted by molar-refractivity contribution is -0.133. The molecule has 2 aliphatic heterocycles. The molecule has 2 saturated heterocycles. The van der Waals surface area contributed by atoms with Crippen molar-refractivity contribution >= 4 is 24.2 Å². The van der Waals surface area contributed by atoms with Crippen LogP contribution in [0.25, 0.3) is 11.4 Å². The quantitative estimate of drug-likeness (QED) is 0.763. The summed E-state index contributed by atoms with van der Waals surface area (Å²) < 4.78 is 2.17. The highest BCUT2D eigenvalue weighted by atomic mass is 32.1. The van der Waals surface area contributed by atoms with Crippen LogP contribution >= 0.6 is 12.2 Å². The molecule has 0 bridgehead atoms. The topological polar surface area (TPSA) is 77.5 Å². The zero-order valence-corrected chi connectivity index (χ0v) is 18.2. The first kappa shape index (κ1) is 20.6. The summed E-state index contributed by atoms with van der Waals surface area (Å²) in [5.41, 5.74) is 2.07. The van der Waals surface area contributed by atoms with Crippen molar-refractivity contribution in [2.75, 3.05) is 39.3 Å². The Hall–Kier alpha value is -2.68. The van der Waals surface area contributed by atoms with Crippen LogP contribution in [-0.2, 0) is 11.3 Å². The molecule has 0 saturated carbocycles. The van der Waals surface area contributed by atoms with Gasteiger partial charge in [-0.15, -0.1) is 0 Å². The molecule has 2 fully saturated rings. The zero-order chi connectivity index (χ0) is 21.1. The first-order chi connectivity index (χ1) is 14.5. The Kier molecular flexibility index (Phi) is 6.17. The second kappa shape index (κ2) is 8.99. The molecule has 2 aromatic rings. The van der Waals surface area contributed by atoms with Crippen LogP contribution in [0, 0.1) is 11.7 Å². The molecule has 2 aliphatic rings. The molecule has 9 heteroatoms. The predicted molar refractivity (Wildman–Crippen MR) is 117 cm³/mol. The number of rotatable bonds is 3. The van der Waals surface area contributed by atoms with Gasteiger partial charge in [-0.3, -0.25) is 14.5 Å². The van der Waals surface area contributed by atoms with Crippen LogP contribution in [0.2, 0.25) is 0 Å². The predicted octanol–water partition coefficient (Wildman–Crippen LogP) is 2.67. The van der Waals surface area contributed by atoms with Crippen molar-refractivity contribution in [1.29, 1.82) is 0 Å². The number of hydrogen-bond donors (Lipinski definition) is 1. The number of aryl methyl sites for hydroxylation is 1. The maximum Gasteiger partial charge on any atom is 0.320 e. The molecule has 8 nitrogen and oxygen atoms in total. The average molecular weight is 429 g/mol. The molecule has 0 unspecified atom stereocenters. The SMILES string of the molecule is Cc1ccc(-c2n[nH]c(=S)n2CC(=O)N2CCN(C(=O)N3CCCCC3)CC2)cc1. The molecule has 1 N–H and O–H groups in total. The molecule has 30 heavy (non-hydrogen) atoms. The first-order valence-corrected chi connectivity index (χ1v) is 11.0. The van der Waals surface area contributed by atoms with Crippen LogP contribution in [0.5, 0.6) is 0 Å². The van der Waals surface area contributed by atoms with E-state index < -0.39 is 0 Å². The first-order valence-electron chi connectivity index (χ1n) is 10.6. The van der Waals surface area contributed by atoms with Gasteiger partial charge in [-0.05, 0) is 38.4 Å². The van der Waals surface area contributed by atoms with Gasteiger partial charge in [-0.1, -0.05) is 29.8 Å². The summed E-state index contributed by atoms with van der Waals surface area (Å²) in [7, 11) is 0. The van der Waals surface area contributed by atoms with E-state index in [0.29, 0.717) is 36.8 Å². The number of benzene rings is 1. The van der Waals surface area contributed by atoms with E-state index in [-0.39, 0.29) is 18.5 Å². The van der Waals surface area contributed by atoms with Gasteiger partial charge in [0.2, 0.25) is 5.91 Å². The van der Waals surface area contributed by atoms with Gasteiger partial charge in [0.05, 0.1) is 0 Å². The lowest BCUT2D eigenvalue weighted by atomic mass is 10.1. The molecule has 0 atom stereocenters. The number of carbonyl (C=O) groups excluding carboxylic acids is 2. The molecule has 3 amide bonds. The van der Waals surface area contributed by atoms with Gasteiger partial charge < -0.3 is 14.7 Å². The Morgan fingerprint density at radius 3 is 2.20 bits per heavy atom. The molecule has 4 rings (SSSR count). The maximum atomic E-state index is 12.9. The Morgan fingerprint density at radius 1 is 0.933 bits per heavy atom. The number of carbonyl (C=O) groups is 2. The number of urea groups is 1. The molecule has 0 spiro atoms. The highest BCUT2D eigenvalue weighted by Gasteiger charge is 2.28. The van der Waals surface area contributed by atoms with E-state index in [2.05, 4.69) is 10.2 Å². The van der Waals surface area contributed by atoms with Crippen molar-refractivity contribution in [3.8, 4) is 11.4 Å². The number of aromatic amines is 1. The largest absolute Gasteiger partial charge is 0.338 e. The molecule has 0 radical (unpaired) electrons. The Balaban J connectivity index is 1.38. The Morgan fingerprint density at radius 2 is 1.53 bits per heavy atom. The normalized spacial score (nSPS) is 17.3. The average Bonchev–Trinajstić information content (AvgIpc) is 3.14. The number of piperidine rings is 1. The smallest absolute Gasteiger partial charge is 0.320 e. The summed E-state index contributed by atoms with van der Waals surface area (Å²) in [6.07, 6.45) is 3.37. The van der Waals surface area contributed by atoms with Crippen LogP contribution < -0.4 is 0 Å². The van der Waals surface area contributed by atoms with E-state index >= 15 is 0 Å². The lowest BCUT2D eigenvalue weighted by Gasteiger charge is -2.38. The maximum absolute atomic E-state index is 12.9. The molecule has 1 aromatic carbocycles. The molecule has 0 aliphatic carbocycles. The van der Waals surface area contributed by atoms with Crippen LogP contribution in [-0.4, -0.2) is 80.7 Å². The second-order valence-corrected chi connectivity index (χ2v) is 8.39. The van der Waals surface area contributed by atoms with Gasteiger partial charge in [-0.2, -0.15) is 5.10 Å². The number of H-pyrrole nitrogens is 1. The fourth-order valence-electron chi connectivity index (χ4n) is 4.05. The number of likely N-dealkylation sites (tertiary alicyclic amines) is 1. The summed E-state index contributed by atoms with van der Waals surface area (Å²) in [4.78, 5) is 31.2. The highest BCUT2D eigenvalue weighted by Crippen LogP contribution is 2.19. The van der Waals surface area contributed by atoms with Crippen LogP contribution in [0.15, 0.2) is 24.3 Å². The minimum absolute atomic E-state index is 0.00840. The number of piperazine rings is 1. The minimum atomic E-state index is -0.00840. The number of nitrogens with zero attached hydrogens (tertiary/aromatic N) is 5. The summed E-state index contributed by atoms with van der Waals surface area (Å²) in [5.74, 6) is 0.651. The second-order valence-electron chi connectivity index (χ2n) is 8.00. The van der Waals surface area contributed by atoms with Crippen molar-refractivity contribution in [3.63, 3.8) is 0 Å². The third kappa shape index (κ3) is 4.40. The highest BCUT2D eigenvalue weighted by molar-refractivity contribution is 7.71. The molecular weight excluding hydrogens is 400 g/mol. The van der Waals surface area contributed by atoms with Crippen LogP contribution in [0.1, 0.15) is 24.8 Å².